The number of amides is 4. The van der Waals surface area contributed by atoms with Gasteiger partial charge in [0.05, 0.1) is 25.2 Å². The van der Waals surface area contributed by atoms with Crippen molar-refractivity contribution in [1.29, 1.82) is 0 Å². The van der Waals surface area contributed by atoms with E-state index < -0.39 is 18.2 Å². The van der Waals surface area contributed by atoms with Crippen LogP contribution < -0.4 is 10.1 Å². The SMILES string of the molecule is CCCCCCCCCCCC(=O)Oc1ccc(C[C@H]2C(=O)N(Cc3cccc4ncccc34)CC3N2C(=O)CN(Cc2cc(-c4ccc(F)cc4)no2)N3C(=O)NCc2ccccc2)cc1. The van der Waals surface area contributed by atoms with Gasteiger partial charge in [0.25, 0.3) is 0 Å². The molecule has 348 valence electrons. The molecule has 67 heavy (non-hydrogen) atoms. The highest BCUT2D eigenvalue weighted by Gasteiger charge is 2.51. The number of esters is 1. The summed E-state index contributed by atoms with van der Waals surface area (Å²) in [7, 11) is 0. The van der Waals surface area contributed by atoms with Crippen LogP contribution in [0, 0.1) is 5.82 Å². The number of halogens is 1. The molecule has 0 spiro atoms. The lowest BCUT2D eigenvalue weighted by Gasteiger charge is -2.55. The zero-order chi connectivity index (χ0) is 46.5. The number of ether oxygens (including phenoxy) is 1. The predicted molar refractivity (Wildman–Crippen MR) is 252 cm³/mol. The molecule has 2 saturated heterocycles. The largest absolute Gasteiger partial charge is 0.427 e. The molecule has 2 atom stereocenters. The van der Waals surface area contributed by atoms with Gasteiger partial charge < -0.3 is 24.4 Å². The van der Waals surface area contributed by atoms with Gasteiger partial charge in [0.1, 0.15) is 29.5 Å². The topological polar surface area (TPSA) is 141 Å². The van der Waals surface area contributed by atoms with Crippen LogP contribution in [0.2, 0.25) is 0 Å². The minimum Gasteiger partial charge on any atom is -0.427 e. The summed E-state index contributed by atoms with van der Waals surface area (Å²) in [6.45, 7) is 2.40. The van der Waals surface area contributed by atoms with E-state index in [0.717, 1.165) is 46.9 Å². The number of carbonyl (C=O) groups excluding carboxylic acids is 4. The standard InChI is InChI=1S/C53H58FN7O6/c1-2-3-4-5-6-7-8-9-13-21-51(63)66-43-28-22-38(23-29-43)31-48-52(64)58(34-41-18-14-20-46-45(41)19-15-30-55-46)36-49-60(48)50(62)37-59(61(49)53(65)56-33-39-16-11-10-12-17-39)35-44-32-47(57-67-44)40-24-26-42(54)27-25-40/h10-12,14-20,22-30,32,48-49H,2-9,13,21,31,33-37H2,1H3,(H,56,65)/t48-,49?/m0/s1. The van der Waals surface area contributed by atoms with Crippen LogP contribution in [0.25, 0.3) is 22.2 Å². The first-order valence-corrected chi connectivity index (χ1v) is 23.5. The van der Waals surface area contributed by atoms with Crippen molar-refractivity contribution in [2.24, 2.45) is 0 Å². The van der Waals surface area contributed by atoms with Gasteiger partial charge in [0, 0.05) is 49.1 Å². The Balaban J connectivity index is 1.04. The summed E-state index contributed by atoms with van der Waals surface area (Å²) in [5.74, 6) is -0.493. The normalized spacial score (nSPS) is 16.4. The Bertz CT molecular complexity index is 2600. The number of benzene rings is 4. The summed E-state index contributed by atoms with van der Waals surface area (Å²) < 4.78 is 25.2. The molecule has 1 unspecified atom stereocenters. The first kappa shape index (κ1) is 46.6. The number of carbonyl (C=O) groups is 4. The Morgan fingerprint density at radius 1 is 0.806 bits per heavy atom. The second-order valence-electron chi connectivity index (χ2n) is 17.4. The molecule has 2 aromatic heterocycles. The quantitative estimate of drug-likeness (QED) is 0.0451. The average molecular weight is 908 g/mol. The van der Waals surface area contributed by atoms with Gasteiger partial charge in [-0.25, -0.2) is 14.2 Å². The van der Waals surface area contributed by atoms with Crippen molar-refractivity contribution in [3.8, 4) is 17.0 Å². The molecule has 14 heteroatoms. The summed E-state index contributed by atoms with van der Waals surface area (Å²) in [6.07, 6.45) is 11.7. The monoisotopic (exact) mass is 907 g/mol. The van der Waals surface area contributed by atoms with E-state index in [2.05, 4.69) is 22.4 Å². The number of nitrogens with zero attached hydrogens (tertiary/aromatic N) is 6. The van der Waals surface area contributed by atoms with E-state index in [1.54, 1.807) is 51.3 Å². The molecule has 2 aliphatic heterocycles. The average Bonchev–Trinajstić information content (AvgIpc) is 3.81. The Kier molecular flexibility index (Phi) is 15.7. The van der Waals surface area contributed by atoms with E-state index in [1.165, 1.54) is 55.7 Å². The molecule has 8 rings (SSSR count). The number of hydrazine groups is 1. The molecule has 1 N–H and O–H groups in total. The fraction of sp³-hybridized carbons (Fsp3) is 0.358. The summed E-state index contributed by atoms with van der Waals surface area (Å²) in [6, 6.07) is 32.3. The highest BCUT2D eigenvalue weighted by molar-refractivity contribution is 5.92. The van der Waals surface area contributed by atoms with Crippen molar-refractivity contribution >= 4 is 34.7 Å². The van der Waals surface area contributed by atoms with Crippen molar-refractivity contribution in [1.82, 2.24) is 35.3 Å². The van der Waals surface area contributed by atoms with Crippen molar-refractivity contribution < 1.29 is 32.8 Å². The molecule has 0 aliphatic carbocycles. The Hall–Kier alpha value is -6.93. The van der Waals surface area contributed by atoms with E-state index in [4.69, 9.17) is 9.26 Å². The number of hydrogen-bond acceptors (Lipinski definition) is 9. The molecule has 13 nitrogen and oxygen atoms in total. The van der Waals surface area contributed by atoms with E-state index in [1.807, 2.05) is 72.8 Å². The van der Waals surface area contributed by atoms with Gasteiger partial charge >= 0.3 is 12.0 Å². The van der Waals surface area contributed by atoms with Crippen LogP contribution in [0.1, 0.15) is 93.6 Å². The third kappa shape index (κ3) is 11.9. The van der Waals surface area contributed by atoms with Crippen molar-refractivity contribution in [3.05, 3.63) is 150 Å². The third-order valence-corrected chi connectivity index (χ3v) is 12.5. The summed E-state index contributed by atoms with van der Waals surface area (Å²) in [5, 5.41) is 11.3. The lowest BCUT2D eigenvalue weighted by atomic mass is 9.97. The van der Waals surface area contributed by atoms with Crippen LogP contribution in [-0.4, -0.2) is 79.1 Å². The predicted octanol–water partition coefficient (Wildman–Crippen LogP) is 9.61. The van der Waals surface area contributed by atoms with E-state index in [0.29, 0.717) is 29.2 Å². The number of pyridine rings is 1. The number of fused-ring (bicyclic) bond motifs is 2. The van der Waals surface area contributed by atoms with Gasteiger partial charge in [-0.3, -0.25) is 19.4 Å². The molecule has 0 bridgehead atoms. The number of nitrogens with one attached hydrogen (secondary N) is 1. The van der Waals surface area contributed by atoms with Gasteiger partial charge in [-0.1, -0.05) is 124 Å². The number of hydrogen-bond donors (Lipinski definition) is 1. The van der Waals surface area contributed by atoms with Crippen molar-refractivity contribution in [2.75, 3.05) is 13.1 Å². The fourth-order valence-electron chi connectivity index (χ4n) is 9.04. The molecule has 4 heterocycles. The van der Waals surface area contributed by atoms with Crippen molar-refractivity contribution in [2.45, 2.75) is 109 Å². The third-order valence-electron chi connectivity index (χ3n) is 12.5. The number of unbranched alkanes of at least 4 members (excludes halogenated alkanes) is 8. The molecule has 4 aromatic carbocycles. The second-order valence-corrected chi connectivity index (χ2v) is 17.4. The first-order valence-electron chi connectivity index (χ1n) is 23.5. The van der Waals surface area contributed by atoms with E-state index in [-0.39, 0.29) is 62.7 Å². The fourth-order valence-corrected chi connectivity index (χ4v) is 9.04. The van der Waals surface area contributed by atoms with Gasteiger partial charge in [-0.05, 0) is 71.6 Å². The number of aromatic nitrogens is 2. The molecular formula is C53H58FN7O6. The van der Waals surface area contributed by atoms with Crippen LogP contribution in [0.15, 0.2) is 126 Å². The molecule has 2 fully saturated rings. The van der Waals surface area contributed by atoms with Crippen molar-refractivity contribution in [3.63, 3.8) is 0 Å². The zero-order valence-electron chi connectivity index (χ0n) is 38.0. The number of rotatable bonds is 20. The van der Waals surface area contributed by atoms with Crippen LogP contribution in [-0.2, 0) is 40.4 Å². The summed E-state index contributed by atoms with van der Waals surface area (Å²) in [4.78, 5) is 64.7. The molecular weight excluding hydrogens is 850 g/mol. The lowest BCUT2D eigenvalue weighted by Crippen LogP contribution is -2.76. The van der Waals surface area contributed by atoms with Crippen LogP contribution in [0.3, 0.4) is 0 Å². The van der Waals surface area contributed by atoms with Gasteiger partial charge in [0.2, 0.25) is 11.8 Å². The summed E-state index contributed by atoms with van der Waals surface area (Å²) in [5.41, 5.74) is 4.39. The minimum absolute atomic E-state index is 0.00402. The zero-order valence-corrected chi connectivity index (χ0v) is 38.0. The molecule has 4 amide bonds. The Morgan fingerprint density at radius 2 is 1.55 bits per heavy atom. The van der Waals surface area contributed by atoms with Crippen LogP contribution in [0.5, 0.6) is 5.75 Å². The highest BCUT2D eigenvalue weighted by atomic mass is 19.1. The van der Waals surface area contributed by atoms with E-state index >= 15 is 0 Å². The van der Waals surface area contributed by atoms with Crippen LogP contribution in [0.4, 0.5) is 9.18 Å². The van der Waals surface area contributed by atoms with E-state index in [9.17, 15) is 23.6 Å². The summed E-state index contributed by atoms with van der Waals surface area (Å²) >= 11 is 0. The van der Waals surface area contributed by atoms with Gasteiger partial charge in [-0.15, -0.1) is 0 Å². The smallest absolute Gasteiger partial charge is 0.334 e. The highest BCUT2D eigenvalue weighted by Crippen LogP contribution is 2.32. The van der Waals surface area contributed by atoms with Gasteiger partial charge in [-0.2, -0.15) is 5.01 Å². The maximum absolute atomic E-state index is 14.9. The first-order chi connectivity index (χ1) is 32.7. The molecule has 0 radical (unpaired) electrons. The molecule has 0 saturated carbocycles. The maximum atomic E-state index is 14.9. The van der Waals surface area contributed by atoms with Crippen LogP contribution >= 0.6 is 0 Å². The molecule has 2 aliphatic rings. The Morgan fingerprint density at radius 3 is 2.31 bits per heavy atom. The number of piperazine rings is 1. The Labute approximate surface area is 390 Å². The minimum atomic E-state index is -0.985. The molecule has 6 aromatic rings. The van der Waals surface area contributed by atoms with Gasteiger partial charge in [0.15, 0.2) is 5.76 Å². The second kappa shape index (κ2) is 22.5. The number of urea groups is 1. The maximum Gasteiger partial charge on any atom is 0.334 e. The lowest BCUT2D eigenvalue weighted by molar-refractivity contribution is -0.193.